The number of ether oxygens (including phenoxy) is 1. The predicted molar refractivity (Wildman–Crippen MR) is 75.5 cm³/mol. The van der Waals surface area contributed by atoms with Crippen molar-refractivity contribution in [3.8, 4) is 0 Å². The molecular formula is C13H18N4O2. The Kier molecular flexibility index (Phi) is 4.88. The Hall–Kier alpha value is -1.92. The fourth-order valence-corrected chi connectivity index (χ4v) is 1.73. The highest BCUT2D eigenvalue weighted by molar-refractivity contribution is 5.89. The second-order valence-electron chi connectivity index (χ2n) is 3.93. The lowest BCUT2D eigenvalue weighted by Crippen LogP contribution is -2.13. The SMILES string of the molecule is CNc1nc(NCCOCCO)c2ccccc2n1. The quantitative estimate of drug-likeness (QED) is 0.648. The number of hydrogen-bond donors (Lipinski definition) is 3. The number of nitrogens with zero attached hydrogens (tertiary/aromatic N) is 2. The number of anilines is 2. The molecular weight excluding hydrogens is 244 g/mol. The van der Waals surface area contributed by atoms with Crippen LogP contribution in [0.15, 0.2) is 24.3 Å². The van der Waals surface area contributed by atoms with Crippen molar-refractivity contribution in [3.05, 3.63) is 24.3 Å². The first-order chi connectivity index (χ1) is 9.35. The van der Waals surface area contributed by atoms with Crippen LogP contribution < -0.4 is 10.6 Å². The van der Waals surface area contributed by atoms with Gasteiger partial charge < -0.3 is 20.5 Å². The van der Waals surface area contributed by atoms with Crippen LogP contribution in [-0.4, -0.2) is 48.5 Å². The number of hydrogen-bond acceptors (Lipinski definition) is 6. The molecule has 1 aromatic heterocycles. The molecule has 19 heavy (non-hydrogen) atoms. The summed E-state index contributed by atoms with van der Waals surface area (Å²) in [4.78, 5) is 8.78. The van der Waals surface area contributed by atoms with Crippen LogP contribution in [0.1, 0.15) is 0 Å². The molecule has 6 nitrogen and oxygen atoms in total. The third kappa shape index (κ3) is 3.52. The highest BCUT2D eigenvalue weighted by atomic mass is 16.5. The summed E-state index contributed by atoms with van der Waals surface area (Å²) in [5.41, 5.74) is 0.889. The summed E-state index contributed by atoms with van der Waals surface area (Å²) < 4.78 is 5.20. The van der Waals surface area contributed by atoms with Crippen molar-refractivity contribution in [1.82, 2.24) is 9.97 Å². The van der Waals surface area contributed by atoms with Crippen LogP contribution in [0.25, 0.3) is 10.9 Å². The highest BCUT2D eigenvalue weighted by Gasteiger charge is 2.05. The molecule has 1 aromatic carbocycles. The number of nitrogens with one attached hydrogen (secondary N) is 2. The number of benzene rings is 1. The molecule has 0 fully saturated rings. The lowest BCUT2D eigenvalue weighted by atomic mass is 10.2. The van der Waals surface area contributed by atoms with Crippen molar-refractivity contribution < 1.29 is 9.84 Å². The Morgan fingerprint density at radius 1 is 1.21 bits per heavy atom. The van der Waals surface area contributed by atoms with Crippen molar-refractivity contribution in [1.29, 1.82) is 0 Å². The maximum atomic E-state index is 8.62. The average Bonchev–Trinajstić information content (AvgIpc) is 2.46. The first kappa shape index (κ1) is 13.5. The summed E-state index contributed by atoms with van der Waals surface area (Å²) in [6.45, 7) is 1.55. The molecule has 0 aliphatic rings. The number of aliphatic hydroxyl groups excluding tert-OH is 1. The minimum Gasteiger partial charge on any atom is -0.394 e. The van der Waals surface area contributed by atoms with Crippen LogP contribution in [0.4, 0.5) is 11.8 Å². The smallest absolute Gasteiger partial charge is 0.224 e. The number of para-hydroxylation sites is 1. The van der Waals surface area contributed by atoms with Crippen molar-refractivity contribution in [3.63, 3.8) is 0 Å². The zero-order valence-electron chi connectivity index (χ0n) is 10.9. The Labute approximate surface area is 111 Å². The summed E-state index contributed by atoms with van der Waals surface area (Å²) >= 11 is 0. The first-order valence-electron chi connectivity index (χ1n) is 6.22. The minimum absolute atomic E-state index is 0.0420. The largest absolute Gasteiger partial charge is 0.394 e. The van der Waals surface area contributed by atoms with E-state index in [1.165, 1.54) is 0 Å². The summed E-state index contributed by atoms with van der Waals surface area (Å²) in [5, 5.41) is 15.8. The van der Waals surface area contributed by atoms with Crippen molar-refractivity contribution in [2.45, 2.75) is 0 Å². The van der Waals surface area contributed by atoms with E-state index in [4.69, 9.17) is 9.84 Å². The van der Waals surface area contributed by atoms with Crippen molar-refractivity contribution in [2.24, 2.45) is 0 Å². The van der Waals surface area contributed by atoms with Gasteiger partial charge in [-0.3, -0.25) is 0 Å². The molecule has 0 aliphatic carbocycles. The van der Waals surface area contributed by atoms with Gasteiger partial charge in [0, 0.05) is 19.0 Å². The van der Waals surface area contributed by atoms with Crippen LogP contribution in [0, 0.1) is 0 Å². The van der Waals surface area contributed by atoms with E-state index in [-0.39, 0.29) is 6.61 Å². The molecule has 102 valence electrons. The molecule has 0 spiro atoms. The molecule has 0 saturated heterocycles. The van der Waals surface area contributed by atoms with Gasteiger partial charge in [0.25, 0.3) is 0 Å². The third-order valence-corrected chi connectivity index (χ3v) is 2.60. The summed E-state index contributed by atoms with van der Waals surface area (Å²) in [5.74, 6) is 1.36. The van der Waals surface area contributed by atoms with E-state index in [1.807, 2.05) is 24.3 Å². The fourth-order valence-electron chi connectivity index (χ4n) is 1.73. The molecule has 1 heterocycles. The van der Waals surface area contributed by atoms with Crippen LogP contribution in [0.2, 0.25) is 0 Å². The normalized spacial score (nSPS) is 10.6. The van der Waals surface area contributed by atoms with E-state index < -0.39 is 0 Å². The molecule has 2 aromatic rings. The maximum absolute atomic E-state index is 8.62. The second kappa shape index (κ2) is 6.86. The molecule has 0 aliphatic heterocycles. The number of rotatable bonds is 7. The Morgan fingerprint density at radius 2 is 2.05 bits per heavy atom. The zero-order chi connectivity index (χ0) is 13.5. The molecule has 0 bridgehead atoms. The summed E-state index contributed by atoms with van der Waals surface area (Å²) in [7, 11) is 1.79. The molecule has 6 heteroatoms. The average molecular weight is 262 g/mol. The van der Waals surface area contributed by atoms with Crippen LogP contribution in [0.5, 0.6) is 0 Å². The van der Waals surface area contributed by atoms with Crippen LogP contribution in [-0.2, 0) is 4.74 Å². The fraction of sp³-hybridized carbons (Fsp3) is 0.385. The van der Waals surface area contributed by atoms with E-state index in [1.54, 1.807) is 7.05 Å². The highest BCUT2D eigenvalue weighted by Crippen LogP contribution is 2.21. The van der Waals surface area contributed by atoms with Gasteiger partial charge in [0.05, 0.1) is 25.3 Å². The predicted octanol–water partition coefficient (Wildman–Crippen LogP) is 1.09. The number of aliphatic hydroxyl groups is 1. The van der Waals surface area contributed by atoms with Gasteiger partial charge >= 0.3 is 0 Å². The van der Waals surface area contributed by atoms with E-state index in [9.17, 15) is 0 Å². The standard InChI is InChI=1S/C13H18N4O2/c1-14-13-16-11-5-3-2-4-10(11)12(17-13)15-6-8-19-9-7-18/h2-5,18H,6-9H2,1H3,(H2,14,15,16,17). The van der Waals surface area contributed by atoms with Gasteiger partial charge in [0.1, 0.15) is 5.82 Å². The van der Waals surface area contributed by atoms with Gasteiger partial charge in [-0.25, -0.2) is 4.98 Å². The van der Waals surface area contributed by atoms with Crippen LogP contribution >= 0.6 is 0 Å². The number of aromatic nitrogens is 2. The van der Waals surface area contributed by atoms with E-state index in [0.717, 1.165) is 16.7 Å². The van der Waals surface area contributed by atoms with Gasteiger partial charge in [0.15, 0.2) is 0 Å². The Morgan fingerprint density at radius 3 is 2.84 bits per heavy atom. The van der Waals surface area contributed by atoms with Gasteiger partial charge in [-0.1, -0.05) is 12.1 Å². The monoisotopic (exact) mass is 262 g/mol. The summed E-state index contributed by atoms with van der Waals surface area (Å²) in [6, 6.07) is 7.83. The molecule has 0 radical (unpaired) electrons. The van der Waals surface area contributed by atoms with Crippen molar-refractivity contribution >= 4 is 22.7 Å². The third-order valence-electron chi connectivity index (χ3n) is 2.60. The maximum Gasteiger partial charge on any atom is 0.224 e. The molecule has 2 rings (SSSR count). The molecule has 3 N–H and O–H groups in total. The Bertz CT molecular complexity index is 533. The minimum atomic E-state index is 0.0420. The van der Waals surface area contributed by atoms with E-state index in [0.29, 0.717) is 25.7 Å². The molecule has 0 atom stereocenters. The van der Waals surface area contributed by atoms with Crippen LogP contribution in [0.3, 0.4) is 0 Å². The lowest BCUT2D eigenvalue weighted by molar-refractivity contribution is 0.0992. The van der Waals surface area contributed by atoms with E-state index in [2.05, 4.69) is 20.6 Å². The van der Waals surface area contributed by atoms with Gasteiger partial charge in [0.2, 0.25) is 5.95 Å². The molecule has 0 amide bonds. The zero-order valence-corrected chi connectivity index (χ0v) is 10.9. The second-order valence-corrected chi connectivity index (χ2v) is 3.93. The van der Waals surface area contributed by atoms with Gasteiger partial charge in [-0.05, 0) is 12.1 Å². The lowest BCUT2D eigenvalue weighted by Gasteiger charge is -2.10. The topological polar surface area (TPSA) is 79.3 Å². The molecule has 0 unspecified atom stereocenters. The van der Waals surface area contributed by atoms with Gasteiger partial charge in [-0.2, -0.15) is 4.98 Å². The van der Waals surface area contributed by atoms with Gasteiger partial charge in [-0.15, -0.1) is 0 Å². The van der Waals surface area contributed by atoms with E-state index >= 15 is 0 Å². The Balaban J connectivity index is 2.11. The van der Waals surface area contributed by atoms with Crippen molar-refractivity contribution in [2.75, 3.05) is 44.0 Å². The molecule has 0 saturated carbocycles. The number of fused-ring (bicyclic) bond motifs is 1. The first-order valence-corrected chi connectivity index (χ1v) is 6.22. The summed E-state index contributed by atoms with van der Waals surface area (Å²) in [6.07, 6.45) is 0.